The number of carboxylic acids is 1. The van der Waals surface area contributed by atoms with Crippen LogP contribution in [0.2, 0.25) is 5.02 Å². The normalized spacial score (nSPS) is 10.2. The number of amides is 1. The molecule has 0 radical (unpaired) electrons. The minimum absolute atomic E-state index is 0.0132. The number of halogens is 1. The SMILES string of the molecule is Cn1cc(NCC(=O)Nc2cc(C(=O)O)ccc2Cl)cn1. The zero-order valence-electron chi connectivity index (χ0n) is 11.1. The van der Waals surface area contributed by atoms with Crippen LogP contribution in [0.4, 0.5) is 11.4 Å². The van der Waals surface area contributed by atoms with Crippen molar-refractivity contribution < 1.29 is 14.7 Å². The number of carboxylic acid groups (broad SMARTS) is 1. The summed E-state index contributed by atoms with van der Waals surface area (Å²) in [5.74, 6) is -1.43. The van der Waals surface area contributed by atoms with Crippen LogP contribution in [0.1, 0.15) is 10.4 Å². The average Bonchev–Trinajstić information content (AvgIpc) is 2.84. The molecule has 0 fully saturated rings. The van der Waals surface area contributed by atoms with E-state index < -0.39 is 5.97 Å². The molecule has 21 heavy (non-hydrogen) atoms. The van der Waals surface area contributed by atoms with E-state index in [0.29, 0.717) is 5.69 Å². The monoisotopic (exact) mass is 308 g/mol. The van der Waals surface area contributed by atoms with Gasteiger partial charge in [0.1, 0.15) is 0 Å². The Balaban J connectivity index is 1.99. The van der Waals surface area contributed by atoms with Crippen LogP contribution < -0.4 is 10.6 Å². The molecule has 3 N–H and O–H groups in total. The number of aryl methyl sites for hydroxylation is 1. The minimum Gasteiger partial charge on any atom is -0.478 e. The largest absolute Gasteiger partial charge is 0.478 e. The molecule has 0 saturated carbocycles. The van der Waals surface area contributed by atoms with Crippen molar-refractivity contribution in [1.29, 1.82) is 0 Å². The maximum atomic E-state index is 11.8. The quantitative estimate of drug-likeness (QED) is 0.783. The van der Waals surface area contributed by atoms with Gasteiger partial charge in [0.05, 0.1) is 34.7 Å². The molecule has 8 heteroatoms. The Hall–Kier alpha value is -2.54. The number of carbonyl (C=O) groups excluding carboxylic acids is 1. The van der Waals surface area contributed by atoms with Gasteiger partial charge in [-0.05, 0) is 18.2 Å². The first-order valence-corrected chi connectivity index (χ1v) is 6.38. The summed E-state index contributed by atoms with van der Waals surface area (Å²) in [6, 6.07) is 4.11. The number of anilines is 2. The molecular weight excluding hydrogens is 296 g/mol. The predicted octanol–water partition coefficient (Wildman–Crippen LogP) is 1.82. The van der Waals surface area contributed by atoms with E-state index in [2.05, 4.69) is 15.7 Å². The van der Waals surface area contributed by atoms with Crippen molar-refractivity contribution in [2.75, 3.05) is 17.2 Å². The van der Waals surface area contributed by atoms with Gasteiger partial charge in [-0.25, -0.2) is 4.79 Å². The minimum atomic E-state index is -1.09. The lowest BCUT2D eigenvalue weighted by molar-refractivity contribution is -0.114. The van der Waals surface area contributed by atoms with Gasteiger partial charge in [0.15, 0.2) is 0 Å². The molecular formula is C13H13ClN4O3. The smallest absolute Gasteiger partial charge is 0.335 e. The molecule has 0 aliphatic heterocycles. The van der Waals surface area contributed by atoms with E-state index in [0.717, 1.165) is 0 Å². The van der Waals surface area contributed by atoms with Gasteiger partial charge >= 0.3 is 5.97 Å². The van der Waals surface area contributed by atoms with Gasteiger partial charge in [-0.15, -0.1) is 0 Å². The Morgan fingerprint density at radius 3 is 2.81 bits per heavy atom. The van der Waals surface area contributed by atoms with Crippen molar-refractivity contribution in [3.8, 4) is 0 Å². The second-order valence-electron chi connectivity index (χ2n) is 4.30. The number of nitrogens with zero attached hydrogens (tertiary/aromatic N) is 2. The lowest BCUT2D eigenvalue weighted by Crippen LogP contribution is -2.22. The maximum absolute atomic E-state index is 11.8. The van der Waals surface area contributed by atoms with Gasteiger partial charge in [0.2, 0.25) is 5.91 Å². The molecule has 2 rings (SSSR count). The van der Waals surface area contributed by atoms with Crippen LogP contribution >= 0.6 is 11.6 Å². The Morgan fingerprint density at radius 2 is 2.19 bits per heavy atom. The highest BCUT2D eigenvalue weighted by Gasteiger charge is 2.10. The summed E-state index contributed by atoms with van der Waals surface area (Å²) in [5, 5.41) is 18.6. The number of hydrogen-bond donors (Lipinski definition) is 3. The number of rotatable bonds is 5. The summed E-state index contributed by atoms with van der Waals surface area (Å²) in [7, 11) is 1.77. The highest BCUT2D eigenvalue weighted by Crippen LogP contribution is 2.23. The van der Waals surface area contributed by atoms with Gasteiger partial charge in [-0.2, -0.15) is 5.10 Å². The van der Waals surface area contributed by atoms with Gasteiger partial charge in [0, 0.05) is 13.2 Å². The zero-order chi connectivity index (χ0) is 15.4. The van der Waals surface area contributed by atoms with E-state index >= 15 is 0 Å². The summed E-state index contributed by atoms with van der Waals surface area (Å²) in [6.07, 6.45) is 3.32. The summed E-state index contributed by atoms with van der Waals surface area (Å²) in [6.45, 7) is 0.0132. The van der Waals surface area contributed by atoms with Crippen LogP contribution in [0.3, 0.4) is 0 Å². The fraction of sp³-hybridized carbons (Fsp3) is 0.154. The van der Waals surface area contributed by atoms with Crippen LogP contribution in [0.25, 0.3) is 0 Å². The first-order chi connectivity index (χ1) is 9.95. The van der Waals surface area contributed by atoms with E-state index in [9.17, 15) is 9.59 Å². The van der Waals surface area contributed by atoms with E-state index in [1.807, 2.05) is 0 Å². The third-order valence-corrected chi connectivity index (χ3v) is 2.97. The molecule has 1 heterocycles. The van der Waals surface area contributed by atoms with Crippen LogP contribution in [0, 0.1) is 0 Å². The van der Waals surface area contributed by atoms with Crippen LogP contribution in [0.5, 0.6) is 0 Å². The molecule has 0 aliphatic carbocycles. The van der Waals surface area contributed by atoms with Gasteiger partial charge < -0.3 is 15.7 Å². The number of nitrogens with one attached hydrogen (secondary N) is 2. The topological polar surface area (TPSA) is 96.2 Å². The number of carbonyl (C=O) groups is 2. The average molecular weight is 309 g/mol. The molecule has 110 valence electrons. The number of hydrogen-bond acceptors (Lipinski definition) is 4. The Bertz CT molecular complexity index is 684. The molecule has 1 amide bonds. The summed E-state index contributed by atoms with van der Waals surface area (Å²) < 4.78 is 1.60. The molecule has 1 aromatic carbocycles. The first-order valence-electron chi connectivity index (χ1n) is 6.01. The molecule has 0 aliphatic rings. The number of benzene rings is 1. The van der Waals surface area contributed by atoms with Crippen LogP contribution in [-0.4, -0.2) is 33.3 Å². The fourth-order valence-corrected chi connectivity index (χ4v) is 1.81. The Labute approximate surface area is 125 Å². The van der Waals surface area contributed by atoms with Crippen molar-refractivity contribution in [3.05, 3.63) is 41.2 Å². The maximum Gasteiger partial charge on any atom is 0.335 e. The zero-order valence-corrected chi connectivity index (χ0v) is 11.9. The third kappa shape index (κ3) is 3.96. The van der Waals surface area contributed by atoms with Crippen LogP contribution in [-0.2, 0) is 11.8 Å². The fourth-order valence-electron chi connectivity index (χ4n) is 1.64. The van der Waals surface area contributed by atoms with E-state index in [-0.39, 0.29) is 28.7 Å². The van der Waals surface area contributed by atoms with Crippen molar-refractivity contribution >= 4 is 34.9 Å². The van der Waals surface area contributed by atoms with Crippen molar-refractivity contribution in [2.45, 2.75) is 0 Å². The number of aromatic nitrogens is 2. The van der Waals surface area contributed by atoms with Gasteiger partial charge in [0.25, 0.3) is 0 Å². The van der Waals surface area contributed by atoms with Gasteiger partial charge in [-0.1, -0.05) is 11.6 Å². The standard InChI is InChI=1S/C13H13ClN4O3/c1-18-7-9(5-16-18)15-6-12(19)17-11-4-8(13(20)21)2-3-10(11)14/h2-5,7,15H,6H2,1H3,(H,17,19)(H,20,21). The number of aromatic carboxylic acids is 1. The molecule has 0 bridgehead atoms. The molecule has 2 aromatic rings. The van der Waals surface area contributed by atoms with E-state index in [1.54, 1.807) is 24.1 Å². The predicted molar refractivity (Wildman–Crippen MR) is 78.7 cm³/mol. The first kappa shape index (κ1) is 14.9. The molecule has 7 nitrogen and oxygen atoms in total. The summed E-state index contributed by atoms with van der Waals surface area (Å²) in [4.78, 5) is 22.7. The molecule has 0 atom stereocenters. The summed E-state index contributed by atoms with van der Waals surface area (Å²) in [5.41, 5.74) is 1.02. The highest BCUT2D eigenvalue weighted by molar-refractivity contribution is 6.33. The third-order valence-electron chi connectivity index (χ3n) is 2.65. The molecule has 0 saturated heterocycles. The lowest BCUT2D eigenvalue weighted by atomic mass is 10.2. The Kier molecular flexibility index (Phi) is 4.44. The molecule has 0 unspecified atom stereocenters. The van der Waals surface area contributed by atoms with Crippen molar-refractivity contribution in [2.24, 2.45) is 7.05 Å². The lowest BCUT2D eigenvalue weighted by Gasteiger charge is -2.08. The van der Waals surface area contributed by atoms with Crippen molar-refractivity contribution in [3.63, 3.8) is 0 Å². The van der Waals surface area contributed by atoms with Crippen LogP contribution in [0.15, 0.2) is 30.6 Å². The highest BCUT2D eigenvalue weighted by atomic mass is 35.5. The van der Waals surface area contributed by atoms with E-state index in [4.69, 9.17) is 16.7 Å². The second-order valence-corrected chi connectivity index (χ2v) is 4.71. The molecule has 0 spiro atoms. The summed E-state index contributed by atoms with van der Waals surface area (Å²) >= 11 is 5.92. The second kappa shape index (κ2) is 6.27. The molecule has 1 aromatic heterocycles. The van der Waals surface area contributed by atoms with E-state index in [1.165, 1.54) is 18.2 Å². The Morgan fingerprint density at radius 1 is 1.43 bits per heavy atom. The van der Waals surface area contributed by atoms with Gasteiger partial charge in [-0.3, -0.25) is 9.48 Å². The van der Waals surface area contributed by atoms with Crippen molar-refractivity contribution in [1.82, 2.24) is 9.78 Å².